The lowest BCUT2D eigenvalue weighted by atomic mass is 10.1. The minimum absolute atomic E-state index is 0.137. The fraction of sp³-hybridized carbons (Fsp3) is 0.292. The Bertz CT molecular complexity index is 1290. The van der Waals surface area contributed by atoms with Crippen LogP contribution in [0, 0.1) is 0 Å². The van der Waals surface area contributed by atoms with E-state index in [4.69, 9.17) is 4.74 Å². The van der Waals surface area contributed by atoms with Gasteiger partial charge in [0.1, 0.15) is 6.54 Å². The maximum Gasteiger partial charge on any atom is 0.326 e. The fourth-order valence-electron chi connectivity index (χ4n) is 3.34. The number of carbonyl (C=O) groups excluding carboxylic acids is 3. The Balaban J connectivity index is 1.64. The first-order chi connectivity index (χ1) is 16.2. The third kappa shape index (κ3) is 5.88. The second kappa shape index (κ2) is 11.1. The summed E-state index contributed by atoms with van der Waals surface area (Å²) in [6, 6.07) is 11.6. The van der Waals surface area contributed by atoms with Gasteiger partial charge in [-0.15, -0.1) is 0 Å². The standard InChI is InChI=1S/C24H25BrN4O5/c1-4-28(5-2)23(32)16-7-6-8-18(11-16)27-22(31)15(3)34-21(30)13-29-14-26-20-10-9-17(25)12-19(20)24(29)33/h6-12,14-15H,4-5,13H2,1-3H3,(H,27,31). The van der Waals surface area contributed by atoms with E-state index in [1.165, 1.54) is 13.3 Å². The SMILES string of the molecule is CCN(CC)C(=O)c1cccc(NC(=O)C(C)OC(=O)Cn2cnc3ccc(Br)cc3c2=O)c1. The van der Waals surface area contributed by atoms with Gasteiger partial charge in [-0.1, -0.05) is 22.0 Å². The van der Waals surface area contributed by atoms with E-state index in [1.807, 2.05) is 13.8 Å². The third-order valence-electron chi connectivity index (χ3n) is 5.19. The van der Waals surface area contributed by atoms with Crippen LogP contribution in [0.25, 0.3) is 10.9 Å². The monoisotopic (exact) mass is 528 g/mol. The van der Waals surface area contributed by atoms with Crippen LogP contribution in [-0.2, 0) is 20.9 Å². The molecule has 0 aliphatic carbocycles. The molecule has 9 nitrogen and oxygen atoms in total. The molecule has 0 aliphatic rings. The maximum absolute atomic E-state index is 12.6. The van der Waals surface area contributed by atoms with Gasteiger partial charge in [0.05, 0.1) is 17.2 Å². The number of amides is 2. The van der Waals surface area contributed by atoms with Gasteiger partial charge in [-0.2, -0.15) is 0 Å². The Labute approximate surface area is 204 Å². The zero-order chi connectivity index (χ0) is 24.8. The van der Waals surface area contributed by atoms with Crippen LogP contribution in [0.1, 0.15) is 31.1 Å². The molecule has 178 valence electrons. The van der Waals surface area contributed by atoms with Gasteiger partial charge in [0.15, 0.2) is 6.10 Å². The van der Waals surface area contributed by atoms with Crippen molar-refractivity contribution in [3.8, 4) is 0 Å². The number of fused-ring (bicyclic) bond motifs is 1. The number of hydrogen-bond acceptors (Lipinski definition) is 6. The van der Waals surface area contributed by atoms with Crippen LogP contribution in [0.3, 0.4) is 0 Å². The second-order valence-electron chi connectivity index (χ2n) is 7.52. The minimum Gasteiger partial charge on any atom is -0.451 e. The van der Waals surface area contributed by atoms with Gasteiger partial charge in [0.25, 0.3) is 17.4 Å². The Kier molecular flexibility index (Phi) is 8.17. The van der Waals surface area contributed by atoms with E-state index >= 15 is 0 Å². The molecular weight excluding hydrogens is 504 g/mol. The highest BCUT2D eigenvalue weighted by Crippen LogP contribution is 2.15. The van der Waals surface area contributed by atoms with Crippen LogP contribution in [0.5, 0.6) is 0 Å². The predicted octanol–water partition coefficient (Wildman–Crippen LogP) is 3.21. The minimum atomic E-state index is -1.12. The largest absolute Gasteiger partial charge is 0.451 e. The molecule has 3 aromatic rings. The van der Waals surface area contributed by atoms with Gasteiger partial charge in [-0.3, -0.25) is 23.7 Å². The number of hydrogen-bond donors (Lipinski definition) is 1. The van der Waals surface area contributed by atoms with Crippen LogP contribution in [0.15, 0.2) is 58.1 Å². The zero-order valence-corrected chi connectivity index (χ0v) is 20.7. The van der Waals surface area contributed by atoms with E-state index in [0.717, 1.165) is 4.57 Å². The van der Waals surface area contributed by atoms with Crippen LogP contribution in [-0.4, -0.2) is 51.4 Å². The number of benzene rings is 2. The van der Waals surface area contributed by atoms with Crippen molar-refractivity contribution in [2.45, 2.75) is 33.4 Å². The number of nitrogens with one attached hydrogen (secondary N) is 1. The molecule has 0 saturated carbocycles. The summed E-state index contributed by atoms with van der Waals surface area (Å²) in [5.74, 6) is -1.46. The number of rotatable bonds is 8. The van der Waals surface area contributed by atoms with Gasteiger partial charge in [0, 0.05) is 28.8 Å². The molecule has 1 N–H and O–H groups in total. The molecule has 2 aromatic carbocycles. The van der Waals surface area contributed by atoms with Crippen molar-refractivity contribution in [1.82, 2.24) is 14.5 Å². The van der Waals surface area contributed by atoms with E-state index in [2.05, 4.69) is 26.2 Å². The average Bonchev–Trinajstić information content (AvgIpc) is 2.82. The molecule has 0 fully saturated rings. The van der Waals surface area contributed by atoms with Gasteiger partial charge in [-0.25, -0.2) is 4.98 Å². The highest BCUT2D eigenvalue weighted by molar-refractivity contribution is 9.10. The van der Waals surface area contributed by atoms with E-state index in [-0.39, 0.29) is 12.5 Å². The van der Waals surface area contributed by atoms with Crippen molar-refractivity contribution in [3.05, 3.63) is 69.2 Å². The van der Waals surface area contributed by atoms with Crippen molar-refractivity contribution >= 4 is 50.3 Å². The second-order valence-corrected chi connectivity index (χ2v) is 8.43. The number of nitrogens with zero attached hydrogens (tertiary/aromatic N) is 3. The first-order valence-corrected chi connectivity index (χ1v) is 11.6. The number of carbonyl (C=O) groups is 3. The lowest BCUT2D eigenvalue weighted by Gasteiger charge is -2.19. The van der Waals surface area contributed by atoms with Gasteiger partial charge < -0.3 is 15.0 Å². The predicted molar refractivity (Wildman–Crippen MR) is 132 cm³/mol. The Morgan fingerprint density at radius 1 is 1.15 bits per heavy atom. The van der Waals surface area contributed by atoms with E-state index in [0.29, 0.717) is 39.7 Å². The van der Waals surface area contributed by atoms with Crippen molar-refractivity contribution < 1.29 is 19.1 Å². The highest BCUT2D eigenvalue weighted by Gasteiger charge is 2.20. The molecule has 3 rings (SSSR count). The molecule has 34 heavy (non-hydrogen) atoms. The molecule has 1 atom stereocenters. The number of aromatic nitrogens is 2. The lowest BCUT2D eigenvalue weighted by Crippen LogP contribution is -2.33. The zero-order valence-electron chi connectivity index (χ0n) is 19.1. The van der Waals surface area contributed by atoms with Crippen LogP contribution in [0.4, 0.5) is 5.69 Å². The number of anilines is 1. The normalized spacial score (nSPS) is 11.6. The average molecular weight is 529 g/mol. The Morgan fingerprint density at radius 3 is 2.59 bits per heavy atom. The Morgan fingerprint density at radius 2 is 1.88 bits per heavy atom. The summed E-state index contributed by atoms with van der Waals surface area (Å²) in [5, 5.41) is 3.01. The first-order valence-electron chi connectivity index (χ1n) is 10.8. The summed E-state index contributed by atoms with van der Waals surface area (Å²) in [7, 11) is 0. The van der Waals surface area contributed by atoms with Crippen molar-refractivity contribution in [3.63, 3.8) is 0 Å². The molecule has 0 radical (unpaired) electrons. The van der Waals surface area contributed by atoms with Crippen LogP contribution >= 0.6 is 15.9 Å². The molecule has 0 bridgehead atoms. The molecule has 1 unspecified atom stereocenters. The first kappa shape index (κ1) is 25.1. The number of esters is 1. The van der Waals surface area contributed by atoms with Crippen LogP contribution in [0.2, 0.25) is 0 Å². The molecule has 0 aliphatic heterocycles. The summed E-state index contributed by atoms with van der Waals surface area (Å²) in [6.07, 6.45) is 0.149. The van der Waals surface area contributed by atoms with Gasteiger partial charge in [0.2, 0.25) is 0 Å². The summed E-state index contributed by atoms with van der Waals surface area (Å²) >= 11 is 3.31. The lowest BCUT2D eigenvalue weighted by molar-refractivity contribution is -0.153. The number of halogens is 1. The molecule has 10 heteroatoms. The number of ether oxygens (including phenoxy) is 1. The highest BCUT2D eigenvalue weighted by atomic mass is 79.9. The molecular formula is C24H25BrN4O5. The van der Waals surface area contributed by atoms with E-state index in [1.54, 1.807) is 47.4 Å². The van der Waals surface area contributed by atoms with Gasteiger partial charge in [-0.05, 0) is 57.2 Å². The van der Waals surface area contributed by atoms with Crippen molar-refractivity contribution in [1.29, 1.82) is 0 Å². The molecule has 0 spiro atoms. The maximum atomic E-state index is 12.6. The van der Waals surface area contributed by atoms with Gasteiger partial charge >= 0.3 is 5.97 Å². The van der Waals surface area contributed by atoms with Crippen molar-refractivity contribution in [2.24, 2.45) is 0 Å². The fourth-order valence-corrected chi connectivity index (χ4v) is 3.70. The molecule has 0 saturated heterocycles. The third-order valence-corrected chi connectivity index (χ3v) is 5.68. The summed E-state index contributed by atoms with van der Waals surface area (Å²) in [5.41, 5.74) is 0.967. The van der Waals surface area contributed by atoms with E-state index < -0.39 is 23.5 Å². The van der Waals surface area contributed by atoms with E-state index in [9.17, 15) is 19.2 Å². The quantitative estimate of drug-likeness (QED) is 0.449. The smallest absolute Gasteiger partial charge is 0.326 e. The Hall–Kier alpha value is -3.53. The molecule has 1 aromatic heterocycles. The van der Waals surface area contributed by atoms with Crippen LogP contribution < -0.4 is 10.9 Å². The molecule has 2 amide bonds. The summed E-state index contributed by atoms with van der Waals surface area (Å²) in [6.45, 7) is 5.97. The van der Waals surface area contributed by atoms with Crippen molar-refractivity contribution in [2.75, 3.05) is 18.4 Å². The molecule has 1 heterocycles. The summed E-state index contributed by atoms with van der Waals surface area (Å²) in [4.78, 5) is 55.9. The topological polar surface area (TPSA) is 111 Å². The summed E-state index contributed by atoms with van der Waals surface area (Å²) < 4.78 is 7.05.